The van der Waals surface area contributed by atoms with Crippen molar-refractivity contribution in [3.63, 3.8) is 0 Å². The standard InChI is InChI=1S/C15H13BrCl2O2/c1-2-20-14-4-3-9(7-13(14)16)15(19)10-5-11(17)8-12(18)6-10/h3-8,15,19H,2H2,1H3. The van der Waals surface area contributed by atoms with Crippen LogP contribution in [0.5, 0.6) is 5.75 Å². The van der Waals surface area contributed by atoms with Gasteiger partial charge in [0.1, 0.15) is 11.9 Å². The normalized spacial score (nSPS) is 12.2. The molecule has 1 N–H and O–H groups in total. The summed E-state index contributed by atoms with van der Waals surface area (Å²) < 4.78 is 6.24. The zero-order chi connectivity index (χ0) is 14.7. The first-order chi connectivity index (χ1) is 9.51. The fourth-order valence-electron chi connectivity index (χ4n) is 1.89. The molecule has 0 aliphatic rings. The first kappa shape index (κ1) is 15.6. The van der Waals surface area contributed by atoms with Gasteiger partial charge in [-0.3, -0.25) is 0 Å². The monoisotopic (exact) mass is 374 g/mol. The lowest BCUT2D eigenvalue weighted by Crippen LogP contribution is -2.01. The van der Waals surface area contributed by atoms with Crippen molar-refractivity contribution in [1.29, 1.82) is 0 Å². The molecule has 0 aromatic heterocycles. The maximum Gasteiger partial charge on any atom is 0.133 e. The summed E-state index contributed by atoms with van der Waals surface area (Å²) in [6.07, 6.45) is -0.793. The van der Waals surface area contributed by atoms with Crippen LogP contribution in [0.4, 0.5) is 0 Å². The molecule has 0 aliphatic heterocycles. The number of hydrogen-bond donors (Lipinski definition) is 1. The summed E-state index contributed by atoms with van der Waals surface area (Å²) >= 11 is 15.3. The van der Waals surface area contributed by atoms with Crippen LogP contribution in [0, 0.1) is 0 Å². The molecule has 0 fully saturated rings. The molecular weight excluding hydrogens is 363 g/mol. The molecule has 5 heteroatoms. The Morgan fingerprint density at radius 1 is 1.10 bits per heavy atom. The number of rotatable bonds is 4. The van der Waals surface area contributed by atoms with Gasteiger partial charge in [-0.2, -0.15) is 0 Å². The fraction of sp³-hybridized carbons (Fsp3) is 0.200. The second-order valence-corrected chi connectivity index (χ2v) is 5.96. The van der Waals surface area contributed by atoms with Gasteiger partial charge in [-0.25, -0.2) is 0 Å². The van der Waals surface area contributed by atoms with Crippen LogP contribution in [0.2, 0.25) is 10.0 Å². The average molecular weight is 376 g/mol. The van der Waals surface area contributed by atoms with Crippen molar-refractivity contribution in [2.75, 3.05) is 6.61 Å². The quantitative estimate of drug-likeness (QED) is 0.792. The van der Waals surface area contributed by atoms with Gasteiger partial charge in [-0.05, 0) is 64.3 Å². The molecular formula is C15H13BrCl2O2. The molecule has 0 radical (unpaired) electrons. The highest BCUT2D eigenvalue weighted by Crippen LogP contribution is 2.32. The van der Waals surface area contributed by atoms with Gasteiger partial charge in [0.2, 0.25) is 0 Å². The van der Waals surface area contributed by atoms with Gasteiger partial charge in [0, 0.05) is 10.0 Å². The Bertz CT molecular complexity index is 597. The van der Waals surface area contributed by atoms with Crippen molar-refractivity contribution in [3.05, 3.63) is 62.0 Å². The first-order valence-electron chi connectivity index (χ1n) is 6.07. The van der Waals surface area contributed by atoms with Crippen LogP contribution in [0.15, 0.2) is 40.9 Å². The van der Waals surface area contributed by atoms with Crippen molar-refractivity contribution < 1.29 is 9.84 Å². The molecule has 2 nitrogen and oxygen atoms in total. The number of aliphatic hydroxyl groups is 1. The highest BCUT2D eigenvalue weighted by molar-refractivity contribution is 9.10. The summed E-state index contributed by atoms with van der Waals surface area (Å²) in [5, 5.41) is 11.4. The minimum atomic E-state index is -0.793. The minimum Gasteiger partial charge on any atom is -0.493 e. The van der Waals surface area contributed by atoms with E-state index in [4.69, 9.17) is 27.9 Å². The van der Waals surface area contributed by atoms with E-state index in [0.29, 0.717) is 22.2 Å². The van der Waals surface area contributed by atoms with Gasteiger partial charge in [0.05, 0.1) is 11.1 Å². The van der Waals surface area contributed by atoms with E-state index >= 15 is 0 Å². The van der Waals surface area contributed by atoms with E-state index in [0.717, 1.165) is 15.8 Å². The molecule has 0 heterocycles. The largest absolute Gasteiger partial charge is 0.493 e. The molecule has 0 aliphatic carbocycles. The Labute approximate surface area is 136 Å². The Balaban J connectivity index is 2.33. The highest BCUT2D eigenvalue weighted by atomic mass is 79.9. The number of benzene rings is 2. The topological polar surface area (TPSA) is 29.5 Å². The summed E-state index contributed by atoms with van der Waals surface area (Å²) in [6, 6.07) is 10.5. The Morgan fingerprint density at radius 2 is 1.75 bits per heavy atom. The lowest BCUT2D eigenvalue weighted by molar-refractivity contribution is 0.220. The van der Waals surface area contributed by atoms with Gasteiger partial charge >= 0.3 is 0 Å². The van der Waals surface area contributed by atoms with E-state index < -0.39 is 6.10 Å². The van der Waals surface area contributed by atoms with Crippen LogP contribution in [0.25, 0.3) is 0 Å². The van der Waals surface area contributed by atoms with Gasteiger partial charge in [0.15, 0.2) is 0 Å². The molecule has 0 saturated heterocycles. The predicted molar refractivity (Wildman–Crippen MR) is 85.8 cm³/mol. The lowest BCUT2D eigenvalue weighted by Gasteiger charge is -2.14. The average Bonchev–Trinajstić information content (AvgIpc) is 2.39. The van der Waals surface area contributed by atoms with Gasteiger partial charge in [0.25, 0.3) is 0 Å². The number of ether oxygens (including phenoxy) is 1. The zero-order valence-electron chi connectivity index (χ0n) is 10.7. The summed E-state index contributed by atoms with van der Waals surface area (Å²) in [5.41, 5.74) is 1.39. The highest BCUT2D eigenvalue weighted by Gasteiger charge is 2.14. The van der Waals surface area contributed by atoms with Crippen LogP contribution < -0.4 is 4.74 Å². The van der Waals surface area contributed by atoms with Crippen LogP contribution >= 0.6 is 39.1 Å². The zero-order valence-corrected chi connectivity index (χ0v) is 13.8. The molecule has 20 heavy (non-hydrogen) atoms. The summed E-state index contributed by atoms with van der Waals surface area (Å²) in [4.78, 5) is 0. The maximum absolute atomic E-state index is 10.4. The number of hydrogen-bond acceptors (Lipinski definition) is 2. The van der Waals surface area contributed by atoms with Crippen LogP contribution in [-0.2, 0) is 0 Å². The molecule has 2 aromatic rings. The molecule has 1 unspecified atom stereocenters. The van der Waals surface area contributed by atoms with Crippen LogP contribution in [0.3, 0.4) is 0 Å². The first-order valence-corrected chi connectivity index (χ1v) is 7.62. The van der Waals surface area contributed by atoms with Crippen molar-refractivity contribution in [1.82, 2.24) is 0 Å². The third-order valence-electron chi connectivity index (χ3n) is 2.77. The molecule has 0 amide bonds. The molecule has 2 aromatic carbocycles. The Kier molecular flexibility index (Phi) is 5.33. The fourth-order valence-corrected chi connectivity index (χ4v) is 2.94. The summed E-state index contributed by atoms with van der Waals surface area (Å²) in [7, 11) is 0. The third kappa shape index (κ3) is 3.67. The van der Waals surface area contributed by atoms with Crippen molar-refractivity contribution in [3.8, 4) is 5.75 Å². The minimum absolute atomic E-state index is 0.497. The van der Waals surface area contributed by atoms with Gasteiger partial charge < -0.3 is 9.84 Å². The molecule has 1 atom stereocenters. The van der Waals surface area contributed by atoms with E-state index in [-0.39, 0.29) is 0 Å². The van der Waals surface area contributed by atoms with E-state index in [1.165, 1.54) is 0 Å². The van der Waals surface area contributed by atoms with E-state index in [1.54, 1.807) is 18.2 Å². The Hall–Kier alpha value is -0.740. The molecule has 106 valence electrons. The summed E-state index contributed by atoms with van der Waals surface area (Å²) in [6.45, 7) is 2.51. The molecule has 0 bridgehead atoms. The second-order valence-electron chi connectivity index (χ2n) is 4.23. The summed E-state index contributed by atoms with van der Waals surface area (Å²) in [5.74, 6) is 0.743. The SMILES string of the molecule is CCOc1ccc(C(O)c2cc(Cl)cc(Cl)c2)cc1Br. The van der Waals surface area contributed by atoms with Gasteiger partial charge in [-0.1, -0.05) is 29.3 Å². The Morgan fingerprint density at radius 3 is 2.30 bits per heavy atom. The molecule has 0 spiro atoms. The predicted octanol–water partition coefficient (Wildman–Crippen LogP) is 5.24. The third-order valence-corrected chi connectivity index (χ3v) is 3.83. The smallest absolute Gasteiger partial charge is 0.133 e. The van der Waals surface area contributed by atoms with Crippen molar-refractivity contribution >= 4 is 39.1 Å². The van der Waals surface area contributed by atoms with Crippen molar-refractivity contribution in [2.45, 2.75) is 13.0 Å². The van der Waals surface area contributed by atoms with E-state index in [1.807, 2.05) is 25.1 Å². The van der Waals surface area contributed by atoms with Crippen molar-refractivity contribution in [2.24, 2.45) is 0 Å². The van der Waals surface area contributed by atoms with Crippen LogP contribution in [0.1, 0.15) is 24.2 Å². The van der Waals surface area contributed by atoms with E-state index in [9.17, 15) is 5.11 Å². The lowest BCUT2D eigenvalue weighted by atomic mass is 10.0. The molecule has 2 rings (SSSR count). The second kappa shape index (κ2) is 6.81. The number of aliphatic hydroxyl groups excluding tert-OH is 1. The maximum atomic E-state index is 10.4. The number of halogens is 3. The van der Waals surface area contributed by atoms with Gasteiger partial charge in [-0.15, -0.1) is 0 Å². The molecule has 0 saturated carbocycles. The van der Waals surface area contributed by atoms with Crippen LogP contribution in [-0.4, -0.2) is 11.7 Å². The van der Waals surface area contributed by atoms with E-state index in [2.05, 4.69) is 15.9 Å².